The Labute approximate surface area is 91.4 Å². The molecule has 84 valence electrons. The van der Waals surface area contributed by atoms with Gasteiger partial charge in [0.2, 0.25) is 0 Å². The van der Waals surface area contributed by atoms with Gasteiger partial charge in [0.1, 0.15) is 11.5 Å². The lowest BCUT2D eigenvalue weighted by Gasteiger charge is -2.18. The maximum absolute atomic E-state index is 5.35. The first-order valence-electron chi connectivity index (χ1n) is 5.16. The first-order chi connectivity index (χ1) is 7.26. The van der Waals surface area contributed by atoms with Crippen molar-refractivity contribution in [3.8, 4) is 11.5 Å². The Morgan fingerprint density at radius 1 is 1.27 bits per heavy atom. The zero-order valence-electron chi connectivity index (χ0n) is 9.83. The molecule has 0 aliphatic rings. The van der Waals surface area contributed by atoms with Crippen LogP contribution >= 0.6 is 0 Å². The molecule has 3 nitrogen and oxygen atoms in total. The molecule has 1 aromatic rings. The Bertz CT molecular complexity index is 308. The van der Waals surface area contributed by atoms with Gasteiger partial charge in [-0.25, -0.2) is 0 Å². The molecule has 1 rings (SSSR count). The van der Waals surface area contributed by atoms with Crippen molar-refractivity contribution in [2.75, 3.05) is 21.3 Å². The van der Waals surface area contributed by atoms with Crippen LogP contribution in [0.1, 0.15) is 24.9 Å². The summed E-state index contributed by atoms with van der Waals surface area (Å²) in [6.07, 6.45) is 1.03. The van der Waals surface area contributed by atoms with Crippen LogP contribution in [0.15, 0.2) is 18.2 Å². The highest BCUT2D eigenvalue weighted by Gasteiger charge is 2.12. The Hall–Kier alpha value is -1.22. The minimum absolute atomic E-state index is 0.325. The summed E-state index contributed by atoms with van der Waals surface area (Å²) in [5.41, 5.74) is 1.17. The summed E-state index contributed by atoms with van der Waals surface area (Å²) in [6.45, 7) is 2.14. The van der Waals surface area contributed by atoms with Crippen molar-refractivity contribution in [2.45, 2.75) is 19.4 Å². The fourth-order valence-corrected chi connectivity index (χ4v) is 1.69. The third-order valence-corrected chi connectivity index (χ3v) is 2.57. The van der Waals surface area contributed by atoms with E-state index in [9.17, 15) is 0 Å². The van der Waals surface area contributed by atoms with E-state index in [2.05, 4.69) is 12.2 Å². The molecule has 0 bridgehead atoms. The van der Waals surface area contributed by atoms with E-state index in [0.29, 0.717) is 6.04 Å². The predicted molar refractivity (Wildman–Crippen MR) is 61.6 cm³/mol. The van der Waals surface area contributed by atoms with E-state index >= 15 is 0 Å². The summed E-state index contributed by atoms with van der Waals surface area (Å²) < 4.78 is 10.5. The predicted octanol–water partition coefficient (Wildman–Crippen LogP) is 2.37. The van der Waals surface area contributed by atoms with Crippen LogP contribution < -0.4 is 14.8 Å². The van der Waals surface area contributed by atoms with E-state index in [1.807, 2.05) is 25.2 Å². The Morgan fingerprint density at radius 3 is 2.47 bits per heavy atom. The molecular weight excluding hydrogens is 190 g/mol. The van der Waals surface area contributed by atoms with Gasteiger partial charge in [-0.2, -0.15) is 0 Å². The second kappa shape index (κ2) is 5.61. The number of benzene rings is 1. The van der Waals surface area contributed by atoms with Crippen LogP contribution in [0.5, 0.6) is 11.5 Å². The second-order valence-corrected chi connectivity index (χ2v) is 3.36. The summed E-state index contributed by atoms with van der Waals surface area (Å²) in [7, 11) is 5.29. The molecule has 1 aromatic carbocycles. The van der Waals surface area contributed by atoms with Gasteiger partial charge >= 0.3 is 0 Å². The van der Waals surface area contributed by atoms with E-state index in [0.717, 1.165) is 17.9 Å². The van der Waals surface area contributed by atoms with Gasteiger partial charge in [-0.3, -0.25) is 0 Å². The van der Waals surface area contributed by atoms with Crippen LogP contribution in [0.25, 0.3) is 0 Å². The summed E-state index contributed by atoms with van der Waals surface area (Å²) in [5.74, 6) is 1.69. The van der Waals surface area contributed by atoms with Gasteiger partial charge in [-0.15, -0.1) is 0 Å². The summed E-state index contributed by atoms with van der Waals surface area (Å²) >= 11 is 0. The van der Waals surface area contributed by atoms with Crippen molar-refractivity contribution in [3.05, 3.63) is 23.8 Å². The minimum atomic E-state index is 0.325. The molecule has 0 saturated carbocycles. The number of rotatable bonds is 5. The van der Waals surface area contributed by atoms with Crippen LogP contribution in [0.4, 0.5) is 0 Å². The number of methoxy groups -OCH3 is 2. The standard InChI is InChI=1S/C12H19NO2/c1-5-11(13-2)10-7-6-9(14-3)8-12(10)15-4/h6-8,11,13H,5H2,1-4H3. The fourth-order valence-electron chi connectivity index (χ4n) is 1.69. The Balaban J connectivity index is 3.06. The third kappa shape index (κ3) is 2.63. The fraction of sp³-hybridized carbons (Fsp3) is 0.500. The van der Waals surface area contributed by atoms with Crippen molar-refractivity contribution in [2.24, 2.45) is 0 Å². The van der Waals surface area contributed by atoms with E-state index in [1.165, 1.54) is 5.56 Å². The maximum Gasteiger partial charge on any atom is 0.127 e. The lowest BCUT2D eigenvalue weighted by Crippen LogP contribution is -2.16. The monoisotopic (exact) mass is 209 g/mol. The molecule has 1 unspecified atom stereocenters. The van der Waals surface area contributed by atoms with E-state index < -0.39 is 0 Å². The zero-order chi connectivity index (χ0) is 11.3. The molecule has 1 atom stereocenters. The zero-order valence-corrected chi connectivity index (χ0v) is 9.83. The molecule has 0 radical (unpaired) electrons. The van der Waals surface area contributed by atoms with Crippen molar-refractivity contribution >= 4 is 0 Å². The number of ether oxygens (including phenoxy) is 2. The number of hydrogen-bond acceptors (Lipinski definition) is 3. The van der Waals surface area contributed by atoms with E-state index in [4.69, 9.17) is 9.47 Å². The quantitative estimate of drug-likeness (QED) is 0.807. The lowest BCUT2D eigenvalue weighted by atomic mass is 10.0. The van der Waals surface area contributed by atoms with Gasteiger partial charge in [-0.1, -0.05) is 13.0 Å². The van der Waals surface area contributed by atoms with Gasteiger partial charge in [0.15, 0.2) is 0 Å². The van der Waals surface area contributed by atoms with Crippen LogP contribution in [-0.4, -0.2) is 21.3 Å². The topological polar surface area (TPSA) is 30.5 Å². The molecule has 0 amide bonds. The number of hydrogen-bond donors (Lipinski definition) is 1. The summed E-state index contributed by atoms with van der Waals surface area (Å²) in [6, 6.07) is 6.24. The van der Waals surface area contributed by atoms with Crippen molar-refractivity contribution in [1.82, 2.24) is 5.32 Å². The molecule has 3 heteroatoms. The summed E-state index contributed by atoms with van der Waals surface area (Å²) in [4.78, 5) is 0. The number of nitrogens with one attached hydrogen (secondary N) is 1. The Morgan fingerprint density at radius 2 is 2.00 bits per heavy atom. The summed E-state index contributed by atoms with van der Waals surface area (Å²) in [5, 5.41) is 3.26. The molecule has 0 saturated heterocycles. The van der Waals surface area contributed by atoms with Crippen LogP contribution in [0.2, 0.25) is 0 Å². The largest absolute Gasteiger partial charge is 0.497 e. The first kappa shape index (κ1) is 11.9. The smallest absolute Gasteiger partial charge is 0.127 e. The molecule has 0 heterocycles. The van der Waals surface area contributed by atoms with Gasteiger partial charge in [-0.05, 0) is 19.5 Å². The third-order valence-electron chi connectivity index (χ3n) is 2.57. The molecule has 0 aromatic heterocycles. The second-order valence-electron chi connectivity index (χ2n) is 3.36. The Kier molecular flexibility index (Phi) is 4.43. The van der Waals surface area contributed by atoms with Crippen molar-refractivity contribution < 1.29 is 9.47 Å². The highest BCUT2D eigenvalue weighted by Crippen LogP contribution is 2.30. The van der Waals surface area contributed by atoms with Crippen LogP contribution in [0.3, 0.4) is 0 Å². The molecule has 15 heavy (non-hydrogen) atoms. The van der Waals surface area contributed by atoms with Crippen molar-refractivity contribution in [1.29, 1.82) is 0 Å². The SMILES string of the molecule is CCC(NC)c1ccc(OC)cc1OC. The van der Waals surface area contributed by atoms with Crippen LogP contribution in [-0.2, 0) is 0 Å². The van der Waals surface area contributed by atoms with Gasteiger partial charge < -0.3 is 14.8 Å². The molecule has 0 fully saturated rings. The molecule has 1 N–H and O–H groups in total. The first-order valence-corrected chi connectivity index (χ1v) is 5.16. The van der Waals surface area contributed by atoms with Crippen molar-refractivity contribution in [3.63, 3.8) is 0 Å². The normalized spacial score (nSPS) is 12.3. The highest BCUT2D eigenvalue weighted by molar-refractivity contribution is 5.42. The maximum atomic E-state index is 5.35. The average Bonchev–Trinajstić information content (AvgIpc) is 2.31. The lowest BCUT2D eigenvalue weighted by molar-refractivity contribution is 0.385. The van der Waals surface area contributed by atoms with Gasteiger partial charge in [0.25, 0.3) is 0 Å². The molecular formula is C12H19NO2. The van der Waals surface area contributed by atoms with E-state index in [-0.39, 0.29) is 0 Å². The minimum Gasteiger partial charge on any atom is -0.497 e. The van der Waals surface area contributed by atoms with Crippen LogP contribution in [0, 0.1) is 0 Å². The van der Waals surface area contributed by atoms with E-state index in [1.54, 1.807) is 14.2 Å². The molecule has 0 aliphatic carbocycles. The highest BCUT2D eigenvalue weighted by atomic mass is 16.5. The van der Waals surface area contributed by atoms with Gasteiger partial charge in [0, 0.05) is 17.7 Å². The average molecular weight is 209 g/mol. The molecule has 0 aliphatic heterocycles. The molecule has 0 spiro atoms. The van der Waals surface area contributed by atoms with Gasteiger partial charge in [0.05, 0.1) is 14.2 Å².